The number of primary amides is 2. The van der Waals surface area contributed by atoms with Crippen LogP contribution in [0.15, 0.2) is 41.2 Å². The third-order valence-corrected chi connectivity index (χ3v) is 2.58. The molecule has 0 unspecified atom stereocenters. The molecule has 0 saturated carbocycles. The second-order valence-corrected chi connectivity index (χ2v) is 4.01. The van der Waals surface area contributed by atoms with Crippen molar-refractivity contribution in [2.45, 2.75) is 6.54 Å². The molecule has 2 aromatic rings. The largest absolute Gasteiger partial charge is 0.472 e. The molecule has 0 radical (unpaired) electrons. The van der Waals surface area contributed by atoms with Gasteiger partial charge in [-0.15, -0.1) is 0 Å². The van der Waals surface area contributed by atoms with E-state index in [4.69, 9.17) is 15.9 Å². The Morgan fingerprint density at radius 3 is 2.21 bits per heavy atom. The van der Waals surface area contributed by atoms with Gasteiger partial charge >= 0.3 is 0 Å². The van der Waals surface area contributed by atoms with Gasteiger partial charge < -0.3 is 21.2 Å². The molecule has 0 bridgehead atoms. The van der Waals surface area contributed by atoms with Crippen molar-refractivity contribution in [1.29, 1.82) is 0 Å². The minimum absolute atomic E-state index is 0.228. The zero-order valence-corrected chi connectivity index (χ0v) is 10.1. The maximum atomic E-state index is 11.2. The zero-order valence-electron chi connectivity index (χ0n) is 10.1. The number of hydrogen-bond donors (Lipinski definition) is 3. The number of hydrogen-bond acceptors (Lipinski definition) is 4. The van der Waals surface area contributed by atoms with E-state index in [9.17, 15) is 9.59 Å². The molecular weight excluding hydrogens is 246 g/mol. The van der Waals surface area contributed by atoms with Crippen LogP contribution >= 0.6 is 0 Å². The van der Waals surface area contributed by atoms with Crippen molar-refractivity contribution in [2.24, 2.45) is 11.5 Å². The number of amides is 2. The van der Waals surface area contributed by atoms with Gasteiger partial charge in [0.05, 0.1) is 12.5 Å². The number of nitrogens with one attached hydrogen (secondary N) is 1. The van der Waals surface area contributed by atoms with Crippen LogP contribution in [0, 0.1) is 0 Å². The van der Waals surface area contributed by atoms with Crippen LogP contribution in [0.1, 0.15) is 26.3 Å². The number of carbonyl (C=O) groups is 2. The zero-order chi connectivity index (χ0) is 13.8. The van der Waals surface area contributed by atoms with Gasteiger partial charge in [0.15, 0.2) is 0 Å². The molecule has 0 saturated heterocycles. The Kier molecular flexibility index (Phi) is 3.51. The fourth-order valence-corrected chi connectivity index (χ4v) is 1.61. The summed E-state index contributed by atoms with van der Waals surface area (Å²) in [6.07, 6.45) is 3.16. The highest BCUT2D eigenvalue weighted by molar-refractivity contribution is 5.99. The van der Waals surface area contributed by atoms with Crippen molar-refractivity contribution in [2.75, 3.05) is 5.32 Å². The van der Waals surface area contributed by atoms with E-state index in [0.717, 1.165) is 5.56 Å². The fraction of sp³-hybridized carbons (Fsp3) is 0.0769. The summed E-state index contributed by atoms with van der Waals surface area (Å²) < 4.78 is 4.94. The fourth-order valence-electron chi connectivity index (χ4n) is 1.61. The Morgan fingerprint density at radius 1 is 1.11 bits per heavy atom. The van der Waals surface area contributed by atoms with Crippen molar-refractivity contribution >= 4 is 17.5 Å². The molecule has 2 amide bonds. The summed E-state index contributed by atoms with van der Waals surface area (Å²) in [5, 5.41) is 3.06. The third-order valence-electron chi connectivity index (χ3n) is 2.58. The predicted octanol–water partition coefficient (Wildman–Crippen LogP) is 1.09. The van der Waals surface area contributed by atoms with Gasteiger partial charge in [-0.2, -0.15) is 0 Å². The van der Waals surface area contributed by atoms with Crippen LogP contribution < -0.4 is 16.8 Å². The molecule has 98 valence electrons. The monoisotopic (exact) mass is 259 g/mol. The van der Waals surface area contributed by atoms with Gasteiger partial charge in [0.25, 0.3) is 0 Å². The molecule has 2 rings (SSSR count). The smallest absolute Gasteiger partial charge is 0.248 e. The first kappa shape index (κ1) is 12.7. The van der Waals surface area contributed by atoms with Gasteiger partial charge in [0.1, 0.15) is 0 Å². The van der Waals surface area contributed by atoms with E-state index < -0.39 is 11.8 Å². The first-order chi connectivity index (χ1) is 9.06. The van der Waals surface area contributed by atoms with Crippen LogP contribution in [0.4, 0.5) is 5.69 Å². The molecule has 0 spiro atoms. The summed E-state index contributed by atoms with van der Waals surface area (Å²) in [6, 6.07) is 6.30. The number of furan rings is 1. The van der Waals surface area contributed by atoms with E-state index in [1.807, 2.05) is 0 Å². The SMILES string of the molecule is NC(=O)c1cc(NCc2ccoc2)cc(C(N)=O)c1. The average molecular weight is 259 g/mol. The van der Waals surface area contributed by atoms with Crippen LogP contribution in [-0.2, 0) is 6.54 Å². The molecule has 1 aromatic heterocycles. The van der Waals surface area contributed by atoms with Crippen molar-refractivity contribution < 1.29 is 14.0 Å². The topological polar surface area (TPSA) is 111 Å². The van der Waals surface area contributed by atoms with Gasteiger partial charge in [-0.05, 0) is 24.3 Å². The van der Waals surface area contributed by atoms with E-state index in [1.54, 1.807) is 30.7 Å². The summed E-state index contributed by atoms with van der Waals surface area (Å²) in [7, 11) is 0. The second-order valence-electron chi connectivity index (χ2n) is 4.01. The highest BCUT2D eigenvalue weighted by Crippen LogP contribution is 2.16. The average Bonchev–Trinajstić information content (AvgIpc) is 2.89. The lowest BCUT2D eigenvalue weighted by Gasteiger charge is -2.08. The Bertz CT molecular complexity index is 573. The van der Waals surface area contributed by atoms with Gasteiger partial charge in [-0.1, -0.05) is 0 Å². The Hall–Kier alpha value is -2.76. The Morgan fingerprint density at radius 2 is 1.74 bits per heavy atom. The van der Waals surface area contributed by atoms with Crippen molar-refractivity contribution in [3.8, 4) is 0 Å². The van der Waals surface area contributed by atoms with E-state index in [2.05, 4.69) is 5.32 Å². The first-order valence-corrected chi connectivity index (χ1v) is 5.56. The standard InChI is InChI=1S/C13H13N3O3/c14-12(17)9-3-10(13(15)18)5-11(4-9)16-6-8-1-2-19-7-8/h1-5,7,16H,6H2,(H2,14,17)(H2,15,18). The molecule has 1 heterocycles. The van der Waals surface area contributed by atoms with Crippen LogP contribution in [0.25, 0.3) is 0 Å². The Balaban J connectivity index is 2.23. The molecule has 5 N–H and O–H groups in total. The summed E-state index contributed by atoms with van der Waals surface area (Å²) in [6.45, 7) is 0.497. The number of benzene rings is 1. The van der Waals surface area contributed by atoms with E-state index in [-0.39, 0.29) is 11.1 Å². The second kappa shape index (κ2) is 5.26. The van der Waals surface area contributed by atoms with Gasteiger partial charge in [0.2, 0.25) is 11.8 Å². The highest BCUT2D eigenvalue weighted by atomic mass is 16.3. The molecule has 1 aromatic carbocycles. The van der Waals surface area contributed by atoms with Crippen LogP contribution in [0.3, 0.4) is 0 Å². The summed E-state index contributed by atoms with van der Waals surface area (Å²) >= 11 is 0. The molecular formula is C13H13N3O3. The first-order valence-electron chi connectivity index (χ1n) is 5.56. The van der Waals surface area contributed by atoms with Crippen LogP contribution in [-0.4, -0.2) is 11.8 Å². The summed E-state index contributed by atoms with van der Waals surface area (Å²) in [5.41, 5.74) is 12.4. The summed E-state index contributed by atoms with van der Waals surface area (Å²) in [5.74, 6) is -1.23. The minimum Gasteiger partial charge on any atom is -0.472 e. The quantitative estimate of drug-likeness (QED) is 0.746. The normalized spacial score (nSPS) is 10.1. The molecule has 0 fully saturated rings. The Labute approximate surface area is 109 Å². The van der Waals surface area contributed by atoms with Crippen molar-refractivity contribution in [3.05, 3.63) is 53.5 Å². The summed E-state index contributed by atoms with van der Waals surface area (Å²) in [4.78, 5) is 22.4. The van der Waals surface area contributed by atoms with E-state index in [0.29, 0.717) is 12.2 Å². The van der Waals surface area contributed by atoms with Gasteiger partial charge in [-0.3, -0.25) is 9.59 Å². The molecule has 0 aliphatic rings. The lowest BCUT2D eigenvalue weighted by Crippen LogP contribution is -2.16. The van der Waals surface area contributed by atoms with E-state index in [1.165, 1.54) is 6.07 Å². The molecule has 0 aliphatic carbocycles. The molecule has 6 nitrogen and oxygen atoms in total. The third kappa shape index (κ3) is 3.12. The van der Waals surface area contributed by atoms with Crippen molar-refractivity contribution in [1.82, 2.24) is 0 Å². The lowest BCUT2D eigenvalue weighted by molar-refractivity contribution is 0.0999. The number of nitrogens with two attached hydrogens (primary N) is 2. The predicted molar refractivity (Wildman–Crippen MR) is 69.5 cm³/mol. The van der Waals surface area contributed by atoms with Gasteiger partial charge in [-0.25, -0.2) is 0 Å². The number of carbonyl (C=O) groups excluding carboxylic acids is 2. The number of anilines is 1. The maximum Gasteiger partial charge on any atom is 0.248 e. The maximum absolute atomic E-state index is 11.2. The minimum atomic E-state index is -0.616. The van der Waals surface area contributed by atoms with E-state index >= 15 is 0 Å². The molecule has 6 heteroatoms. The van der Waals surface area contributed by atoms with Crippen molar-refractivity contribution in [3.63, 3.8) is 0 Å². The number of rotatable bonds is 5. The van der Waals surface area contributed by atoms with Crippen LogP contribution in [0.2, 0.25) is 0 Å². The highest BCUT2D eigenvalue weighted by Gasteiger charge is 2.09. The molecule has 0 aliphatic heterocycles. The van der Waals surface area contributed by atoms with Gasteiger partial charge in [0, 0.05) is 28.9 Å². The molecule has 0 atom stereocenters. The molecule has 19 heavy (non-hydrogen) atoms. The van der Waals surface area contributed by atoms with Crippen LogP contribution in [0.5, 0.6) is 0 Å². The lowest BCUT2D eigenvalue weighted by atomic mass is 10.1.